The number of anilines is 1. The van der Waals surface area contributed by atoms with Crippen LogP contribution in [-0.2, 0) is 17.6 Å². The highest BCUT2D eigenvalue weighted by atomic mass is 32.1. The third kappa shape index (κ3) is 2.35. The molecule has 7 nitrogen and oxygen atoms in total. The molecule has 4 heterocycles. The molecule has 0 unspecified atom stereocenters. The van der Waals surface area contributed by atoms with Gasteiger partial charge >= 0.3 is 0 Å². The maximum absolute atomic E-state index is 5.54. The van der Waals surface area contributed by atoms with Crippen LogP contribution < -0.4 is 14.6 Å². The predicted octanol–water partition coefficient (Wildman–Crippen LogP) is 1.78. The molecule has 0 bridgehead atoms. The molecule has 130 valence electrons. The number of pyridine rings is 1. The van der Waals surface area contributed by atoms with Crippen molar-refractivity contribution in [2.24, 2.45) is 0 Å². The zero-order chi connectivity index (χ0) is 16.8. The van der Waals surface area contributed by atoms with Crippen molar-refractivity contribution in [3.8, 4) is 5.88 Å². The van der Waals surface area contributed by atoms with Crippen LogP contribution in [0.15, 0.2) is 0 Å². The Balaban J connectivity index is 1.80. The minimum Gasteiger partial charge on any atom is -0.479 e. The summed E-state index contributed by atoms with van der Waals surface area (Å²) in [4.78, 5) is 7.27. The zero-order valence-corrected chi connectivity index (χ0v) is 15.0. The quantitative estimate of drug-likeness (QED) is 0.695. The van der Waals surface area contributed by atoms with Crippen molar-refractivity contribution in [1.82, 2.24) is 15.4 Å². The van der Waals surface area contributed by atoms with E-state index in [1.165, 1.54) is 35.2 Å². The second-order valence-electron chi connectivity index (χ2n) is 6.52. The lowest BCUT2D eigenvalue weighted by molar-refractivity contribution is -0.328. The standard InChI is InChI=1S/C17H19N5O2S/c1-23-16-14-13(19-21-20-16)12-10-4-2-3-5-11(10)15(18-17(12)25-14)22-6-8-24-9-7-22/h2-9H2,1H3/p+1. The van der Waals surface area contributed by atoms with Crippen LogP contribution in [0, 0.1) is 0 Å². The van der Waals surface area contributed by atoms with Gasteiger partial charge in [-0.3, -0.25) is 4.90 Å². The molecule has 0 radical (unpaired) electrons. The summed E-state index contributed by atoms with van der Waals surface area (Å²) in [6.07, 6.45) is 4.67. The largest absolute Gasteiger partial charge is 0.479 e. The van der Waals surface area contributed by atoms with Crippen molar-refractivity contribution in [2.75, 3.05) is 38.3 Å². The number of thiophene rings is 1. The molecule has 1 fully saturated rings. The van der Waals surface area contributed by atoms with Crippen LogP contribution in [0.1, 0.15) is 24.0 Å². The van der Waals surface area contributed by atoms with Gasteiger partial charge in [0.25, 0.3) is 11.7 Å². The number of morpholine rings is 1. The fraction of sp³-hybridized carbons (Fsp3) is 0.529. The second kappa shape index (κ2) is 6.03. The number of H-pyrrole nitrogens is 1. The summed E-state index contributed by atoms with van der Waals surface area (Å²) in [5, 5.41) is 13.5. The second-order valence-corrected chi connectivity index (χ2v) is 7.54. The molecule has 2 aliphatic rings. The third-order valence-corrected chi connectivity index (χ3v) is 6.25. The molecule has 25 heavy (non-hydrogen) atoms. The highest BCUT2D eigenvalue weighted by Gasteiger charge is 2.30. The number of hydrogen-bond donors (Lipinski definition) is 0. The molecule has 3 aromatic heterocycles. The molecular formula is C17H20N5O2S+. The van der Waals surface area contributed by atoms with Gasteiger partial charge in [0.05, 0.1) is 25.7 Å². The van der Waals surface area contributed by atoms with Crippen molar-refractivity contribution < 1.29 is 14.5 Å². The van der Waals surface area contributed by atoms with Crippen LogP contribution in [0.5, 0.6) is 5.88 Å². The highest BCUT2D eigenvalue weighted by Crippen LogP contribution is 2.41. The third-order valence-electron chi connectivity index (χ3n) is 5.17. The maximum Gasteiger partial charge on any atom is 0.279 e. The Morgan fingerprint density at radius 1 is 1.12 bits per heavy atom. The van der Waals surface area contributed by atoms with E-state index in [-0.39, 0.29) is 0 Å². The van der Waals surface area contributed by atoms with Gasteiger partial charge < -0.3 is 9.47 Å². The number of rotatable bonds is 2. The van der Waals surface area contributed by atoms with Crippen molar-refractivity contribution in [3.05, 3.63) is 11.1 Å². The molecule has 0 spiro atoms. The Morgan fingerprint density at radius 2 is 1.92 bits per heavy atom. The summed E-state index contributed by atoms with van der Waals surface area (Å²) in [6, 6.07) is 0. The van der Waals surface area contributed by atoms with Crippen LogP contribution in [-0.4, -0.2) is 48.8 Å². The van der Waals surface area contributed by atoms with E-state index in [1.807, 2.05) is 0 Å². The minimum atomic E-state index is 0.553. The molecule has 1 N–H and O–H groups in total. The molecule has 0 atom stereocenters. The molecule has 0 amide bonds. The van der Waals surface area contributed by atoms with Gasteiger partial charge in [-0.2, -0.15) is 0 Å². The lowest BCUT2D eigenvalue weighted by Crippen LogP contribution is -2.40. The van der Waals surface area contributed by atoms with Crippen molar-refractivity contribution in [2.45, 2.75) is 25.7 Å². The van der Waals surface area contributed by atoms with Gasteiger partial charge in [-0.05, 0) is 36.5 Å². The fourth-order valence-corrected chi connectivity index (χ4v) is 5.12. The number of ether oxygens (including phenoxy) is 2. The fourth-order valence-electron chi connectivity index (χ4n) is 4.00. The first-order valence-corrected chi connectivity index (χ1v) is 9.57. The summed E-state index contributed by atoms with van der Waals surface area (Å²) in [6.45, 7) is 3.45. The topological polar surface area (TPSA) is 74.5 Å². The average molecular weight is 358 g/mol. The molecule has 0 aromatic carbocycles. The van der Waals surface area contributed by atoms with Crippen LogP contribution in [0.2, 0.25) is 0 Å². The SMILES string of the molecule is COc1nnnc2c1sc1[nH+]c(N3CCOCC3)c3c(c12)CCCC3. The van der Waals surface area contributed by atoms with Gasteiger partial charge in [-0.1, -0.05) is 16.4 Å². The van der Waals surface area contributed by atoms with Gasteiger partial charge in [0.1, 0.15) is 23.3 Å². The summed E-state index contributed by atoms with van der Waals surface area (Å²) in [5.74, 6) is 1.81. The van der Waals surface area contributed by atoms with Crippen LogP contribution >= 0.6 is 11.3 Å². The molecule has 1 saturated heterocycles. The normalized spacial score (nSPS) is 17.9. The smallest absolute Gasteiger partial charge is 0.279 e. The molecule has 1 aliphatic heterocycles. The first-order valence-electron chi connectivity index (χ1n) is 8.76. The van der Waals surface area contributed by atoms with Crippen molar-refractivity contribution in [1.29, 1.82) is 0 Å². The Bertz CT molecular complexity index is 951. The Labute approximate surface area is 149 Å². The van der Waals surface area contributed by atoms with E-state index in [9.17, 15) is 0 Å². The molecule has 0 saturated carbocycles. The van der Waals surface area contributed by atoms with Crippen LogP contribution in [0.4, 0.5) is 5.82 Å². The summed E-state index contributed by atoms with van der Waals surface area (Å²) in [5.41, 5.74) is 3.78. The summed E-state index contributed by atoms with van der Waals surface area (Å²) >= 11 is 1.66. The van der Waals surface area contributed by atoms with E-state index in [0.717, 1.165) is 54.2 Å². The number of fused-ring (bicyclic) bond motifs is 5. The monoisotopic (exact) mass is 358 g/mol. The predicted molar refractivity (Wildman–Crippen MR) is 95.5 cm³/mol. The number of nitrogens with zero attached hydrogens (tertiary/aromatic N) is 4. The van der Waals surface area contributed by atoms with Crippen molar-refractivity contribution >= 4 is 37.6 Å². The number of hydrogen-bond acceptors (Lipinski definition) is 7. The summed E-state index contributed by atoms with van der Waals surface area (Å²) in [7, 11) is 1.63. The van der Waals surface area contributed by atoms with Crippen LogP contribution in [0.25, 0.3) is 20.4 Å². The number of aryl methyl sites for hydroxylation is 1. The van der Waals surface area contributed by atoms with Gasteiger partial charge in [0.2, 0.25) is 0 Å². The van der Waals surface area contributed by atoms with E-state index in [2.05, 4.69) is 25.3 Å². The first-order chi connectivity index (χ1) is 12.4. The number of aromatic amines is 1. The van der Waals surface area contributed by atoms with Crippen molar-refractivity contribution in [3.63, 3.8) is 0 Å². The number of methoxy groups -OCH3 is 1. The Kier molecular flexibility index (Phi) is 3.67. The lowest BCUT2D eigenvalue weighted by Gasteiger charge is -2.25. The molecule has 1 aliphatic carbocycles. The van der Waals surface area contributed by atoms with E-state index >= 15 is 0 Å². The van der Waals surface area contributed by atoms with Crippen LogP contribution in [0.3, 0.4) is 0 Å². The minimum absolute atomic E-state index is 0.553. The average Bonchev–Trinajstić information content (AvgIpc) is 3.07. The molecular weight excluding hydrogens is 338 g/mol. The van der Waals surface area contributed by atoms with E-state index in [0.29, 0.717) is 5.88 Å². The lowest BCUT2D eigenvalue weighted by atomic mass is 9.90. The maximum atomic E-state index is 5.54. The number of aromatic nitrogens is 4. The van der Waals surface area contributed by atoms with Gasteiger partial charge in [-0.15, -0.1) is 5.10 Å². The molecule has 5 rings (SSSR count). The highest BCUT2D eigenvalue weighted by molar-refractivity contribution is 7.25. The summed E-state index contributed by atoms with van der Waals surface area (Å²) < 4.78 is 11.9. The Morgan fingerprint density at radius 3 is 2.72 bits per heavy atom. The van der Waals surface area contributed by atoms with Gasteiger partial charge in [0, 0.05) is 5.56 Å². The van der Waals surface area contributed by atoms with E-state index in [4.69, 9.17) is 9.47 Å². The van der Waals surface area contributed by atoms with E-state index < -0.39 is 0 Å². The molecule has 3 aromatic rings. The Hall–Kier alpha value is -2.06. The zero-order valence-electron chi connectivity index (χ0n) is 14.2. The van der Waals surface area contributed by atoms with Gasteiger partial charge in [0.15, 0.2) is 4.83 Å². The number of nitrogens with one attached hydrogen (secondary N) is 1. The van der Waals surface area contributed by atoms with E-state index in [1.54, 1.807) is 18.4 Å². The molecule has 8 heteroatoms. The van der Waals surface area contributed by atoms with Gasteiger partial charge in [-0.25, -0.2) is 4.98 Å². The first kappa shape index (κ1) is 15.2.